The number of ether oxygens (including phenoxy) is 1. The van der Waals surface area contributed by atoms with Gasteiger partial charge in [0.25, 0.3) is 0 Å². The summed E-state index contributed by atoms with van der Waals surface area (Å²) in [6.07, 6.45) is 0. The summed E-state index contributed by atoms with van der Waals surface area (Å²) in [6.45, 7) is 4.94. The first-order valence-electron chi connectivity index (χ1n) is 6.24. The molecule has 0 aliphatic carbocycles. The largest absolute Gasteiger partial charge is 0.496 e. The van der Waals surface area contributed by atoms with Gasteiger partial charge in [-0.2, -0.15) is 0 Å². The molecule has 0 aromatic heterocycles. The molecular formula is C16H18BrNO. The quantitative estimate of drug-likeness (QED) is 0.883. The predicted molar refractivity (Wildman–Crippen MR) is 83.9 cm³/mol. The molecule has 2 aromatic rings. The minimum Gasteiger partial charge on any atom is -0.496 e. The van der Waals surface area contributed by atoms with Gasteiger partial charge < -0.3 is 10.1 Å². The summed E-state index contributed by atoms with van der Waals surface area (Å²) in [4.78, 5) is 0. The van der Waals surface area contributed by atoms with Gasteiger partial charge in [-0.3, -0.25) is 0 Å². The van der Waals surface area contributed by atoms with Crippen molar-refractivity contribution < 1.29 is 4.74 Å². The number of nitrogens with one attached hydrogen (secondary N) is 1. The van der Waals surface area contributed by atoms with E-state index in [1.165, 1.54) is 16.7 Å². The highest BCUT2D eigenvalue weighted by Crippen LogP contribution is 2.25. The molecule has 0 aliphatic heterocycles. The van der Waals surface area contributed by atoms with Crippen molar-refractivity contribution in [3.8, 4) is 5.75 Å². The van der Waals surface area contributed by atoms with Gasteiger partial charge in [-0.1, -0.05) is 39.7 Å². The lowest BCUT2D eigenvalue weighted by Gasteiger charge is -2.13. The Bertz CT molecular complexity index is 581. The van der Waals surface area contributed by atoms with Crippen LogP contribution in [0, 0.1) is 13.8 Å². The van der Waals surface area contributed by atoms with Gasteiger partial charge in [-0.15, -0.1) is 0 Å². The van der Waals surface area contributed by atoms with Crippen LogP contribution in [0.4, 0.5) is 5.69 Å². The van der Waals surface area contributed by atoms with Gasteiger partial charge in [0.15, 0.2) is 0 Å². The maximum absolute atomic E-state index is 5.39. The summed E-state index contributed by atoms with van der Waals surface area (Å²) in [5, 5.41) is 3.46. The highest BCUT2D eigenvalue weighted by atomic mass is 79.9. The van der Waals surface area contributed by atoms with Gasteiger partial charge in [-0.25, -0.2) is 0 Å². The standard InChI is InChI=1S/C16H18BrNO/c1-11-7-8-16(19-3)13(9-11)10-18-15-6-4-5-14(17)12(15)2/h4-9,18H,10H2,1-3H3. The zero-order valence-corrected chi connectivity index (χ0v) is 13.0. The molecule has 0 unspecified atom stereocenters. The van der Waals surface area contributed by atoms with Crippen LogP contribution < -0.4 is 10.1 Å². The highest BCUT2D eigenvalue weighted by molar-refractivity contribution is 9.10. The normalized spacial score (nSPS) is 10.3. The van der Waals surface area contributed by atoms with Crippen LogP contribution in [0.15, 0.2) is 40.9 Å². The van der Waals surface area contributed by atoms with Crippen LogP contribution in [0.1, 0.15) is 16.7 Å². The zero-order valence-electron chi connectivity index (χ0n) is 11.5. The molecule has 0 radical (unpaired) electrons. The Labute approximate surface area is 122 Å². The van der Waals surface area contributed by atoms with E-state index in [0.29, 0.717) is 0 Å². The lowest BCUT2D eigenvalue weighted by molar-refractivity contribution is 0.410. The summed E-state index contributed by atoms with van der Waals surface area (Å²) in [5.74, 6) is 0.922. The van der Waals surface area contributed by atoms with E-state index in [2.05, 4.69) is 53.3 Å². The van der Waals surface area contributed by atoms with Crippen molar-refractivity contribution in [2.24, 2.45) is 0 Å². The van der Waals surface area contributed by atoms with E-state index in [1.54, 1.807) is 7.11 Å². The molecule has 100 valence electrons. The third kappa shape index (κ3) is 3.29. The monoisotopic (exact) mass is 319 g/mol. The Morgan fingerprint density at radius 2 is 1.95 bits per heavy atom. The third-order valence-electron chi connectivity index (χ3n) is 3.17. The second-order valence-corrected chi connectivity index (χ2v) is 5.44. The minimum absolute atomic E-state index is 0.752. The molecule has 2 aromatic carbocycles. The molecule has 0 aliphatic rings. The molecule has 0 saturated carbocycles. The second-order valence-electron chi connectivity index (χ2n) is 4.58. The van der Waals surface area contributed by atoms with Gasteiger partial charge in [-0.05, 0) is 37.6 Å². The molecule has 1 N–H and O–H groups in total. The lowest BCUT2D eigenvalue weighted by Crippen LogP contribution is -2.03. The average Bonchev–Trinajstić information content (AvgIpc) is 2.40. The molecule has 2 rings (SSSR count). The van der Waals surface area contributed by atoms with Gasteiger partial charge in [0, 0.05) is 22.3 Å². The van der Waals surface area contributed by atoms with E-state index < -0.39 is 0 Å². The van der Waals surface area contributed by atoms with Crippen LogP contribution in [0.3, 0.4) is 0 Å². The van der Waals surface area contributed by atoms with E-state index >= 15 is 0 Å². The van der Waals surface area contributed by atoms with E-state index in [0.717, 1.165) is 22.5 Å². The lowest BCUT2D eigenvalue weighted by atomic mass is 10.1. The number of methoxy groups -OCH3 is 1. The number of benzene rings is 2. The van der Waals surface area contributed by atoms with Gasteiger partial charge in [0.1, 0.15) is 5.75 Å². The molecule has 0 saturated heterocycles. The Morgan fingerprint density at radius 3 is 2.68 bits per heavy atom. The average molecular weight is 320 g/mol. The SMILES string of the molecule is COc1ccc(C)cc1CNc1cccc(Br)c1C. The highest BCUT2D eigenvalue weighted by Gasteiger charge is 2.05. The van der Waals surface area contributed by atoms with Crippen LogP contribution in [0.2, 0.25) is 0 Å². The molecule has 0 heterocycles. The first kappa shape index (κ1) is 13.9. The van der Waals surface area contributed by atoms with Crippen LogP contribution in [0.5, 0.6) is 5.75 Å². The van der Waals surface area contributed by atoms with Crippen LogP contribution in [-0.2, 0) is 6.54 Å². The Hall–Kier alpha value is -1.48. The van der Waals surface area contributed by atoms with Gasteiger partial charge in [0.2, 0.25) is 0 Å². The molecule has 0 atom stereocenters. The third-order valence-corrected chi connectivity index (χ3v) is 4.03. The van der Waals surface area contributed by atoms with Crippen LogP contribution >= 0.6 is 15.9 Å². The Morgan fingerprint density at radius 1 is 1.16 bits per heavy atom. The topological polar surface area (TPSA) is 21.3 Å². The summed E-state index contributed by atoms with van der Waals surface area (Å²) in [5.41, 5.74) is 4.76. The van der Waals surface area contributed by atoms with Crippen molar-refractivity contribution in [2.75, 3.05) is 12.4 Å². The first-order valence-corrected chi connectivity index (χ1v) is 7.03. The molecular weight excluding hydrogens is 302 g/mol. The molecule has 0 fully saturated rings. The predicted octanol–water partition coefficient (Wildman–Crippen LogP) is 4.69. The number of hydrogen-bond donors (Lipinski definition) is 1. The van der Waals surface area contributed by atoms with E-state index in [1.807, 2.05) is 18.2 Å². The fourth-order valence-corrected chi connectivity index (χ4v) is 2.40. The summed E-state index contributed by atoms with van der Waals surface area (Å²) >= 11 is 3.55. The Kier molecular flexibility index (Phi) is 4.48. The molecule has 3 heteroatoms. The van der Waals surface area contributed by atoms with Crippen molar-refractivity contribution in [3.05, 3.63) is 57.6 Å². The number of aryl methyl sites for hydroxylation is 1. The van der Waals surface area contributed by atoms with Crippen molar-refractivity contribution in [1.29, 1.82) is 0 Å². The van der Waals surface area contributed by atoms with E-state index in [9.17, 15) is 0 Å². The first-order chi connectivity index (χ1) is 9.11. The molecule has 0 amide bonds. The van der Waals surface area contributed by atoms with Gasteiger partial charge in [0.05, 0.1) is 7.11 Å². The number of hydrogen-bond acceptors (Lipinski definition) is 2. The maximum atomic E-state index is 5.39. The minimum atomic E-state index is 0.752. The van der Waals surface area contributed by atoms with Crippen LogP contribution in [-0.4, -0.2) is 7.11 Å². The van der Waals surface area contributed by atoms with E-state index in [4.69, 9.17) is 4.74 Å². The van der Waals surface area contributed by atoms with Gasteiger partial charge >= 0.3 is 0 Å². The van der Waals surface area contributed by atoms with Crippen molar-refractivity contribution >= 4 is 21.6 Å². The number of halogens is 1. The molecule has 19 heavy (non-hydrogen) atoms. The summed E-state index contributed by atoms with van der Waals surface area (Å²) in [6, 6.07) is 12.4. The second kappa shape index (κ2) is 6.11. The van der Waals surface area contributed by atoms with Crippen molar-refractivity contribution in [2.45, 2.75) is 20.4 Å². The Balaban J connectivity index is 2.18. The summed E-state index contributed by atoms with van der Waals surface area (Å²) in [7, 11) is 1.71. The number of anilines is 1. The number of rotatable bonds is 4. The van der Waals surface area contributed by atoms with Crippen LogP contribution in [0.25, 0.3) is 0 Å². The molecule has 2 nitrogen and oxygen atoms in total. The molecule has 0 bridgehead atoms. The van der Waals surface area contributed by atoms with Crippen molar-refractivity contribution in [3.63, 3.8) is 0 Å². The summed E-state index contributed by atoms with van der Waals surface area (Å²) < 4.78 is 6.51. The fraction of sp³-hybridized carbons (Fsp3) is 0.250. The fourth-order valence-electron chi connectivity index (χ4n) is 2.03. The zero-order chi connectivity index (χ0) is 13.8. The smallest absolute Gasteiger partial charge is 0.123 e. The maximum Gasteiger partial charge on any atom is 0.123 e. The molecule has 0 spiro atoms. The van der Waals surface area contributed by atoms with Crippen molar-refractivity contribution in [1.82, 2.24) is 0 Å². The van der Waals surface area contributed by atoms with E-state index in [-0.39, 0.29) is 0 Å².